The van der Waals surface area contributed by atoms with E-state index >= 15 is 0 Å². The lowest BCUT2D eigenvalue weighted by atomic mass is 10.1. The van der Waals surface area contributed by atoms with Crippen molar-refractivity contribution in [1.29, 1.82) is 0 Å². The van der Waals surface area contributed by atoms with Gasteiger partial charge in [0.25, 0.3) is 5.91 Å². The van der Waals surface area contributed by atoms with Crippen LogP contribution in [0.15, 0.2) is 66.1 Å². The molecule has 0 aliphatic heterocycles. The molecule has 0 aliphatic rings. The number of aliphatic imine (C=N–C) groups is 1. The summed E-state index contributed by atoms with van der Waals surface area (Å²) in [6, 6.07) is 11.4. The molecular formula is C26H27N7O. The van der Waals surface area contributed by atoms with Gasteiger partial charge in [-0.15, -0.1) is 0 Å². The van der Waals surface area contributed by atoms with E-state index in [2.05, 4.69) is 35.6 Å². The van der Waals surface area contributed by atoms with Crippen molar-refractivity contribution in [1.82, 2.24) is 25.3 Å². The molecule has 1 aromatic carbocycles. The van der Waals surface area contributed by atoms with E-state index < -0.39 is 0 Å². The molecule has 4 rings (SSSR count). The standard InChI is InChI=1S/C26H27N7O/c1-4-9-28-21(5-2)22-8-11-29-26(33-22)31-20-12-17(3)24-19(13-20)14-23(32-24)25(34)30-16-18-7-6-10-27-15-18/h5-15,32H,4,16H2,1-3H3,(H,30,34)(H,29,31,33)/b21-5-,28-9?. The predicted molar refractivity (Wildman–Crippen MR) is 136 cm³/mol. The Morgan fingerprint density at radius 3 is 2.85 bits per heavy atom. The Morgan fingerprint density at radius 2 is 2.09 bits per heavy atom. The van der Waals surface area contributed by atoms with Crippen molar-refractivity contribution >= 4 is 40.4 Å². The van der Waals surface area contributed by atoms with Crippen LogP contribution in [0.25, 0.3) is 16.6 Å². The molecule has 0 saturated heterocycles. The van der Waals surface area contributed by atoms with E-state index in [4.69, 9.17) is 0 Å². The molecule has 0 bridgehead atoms. The zero-order valence-corrected chi connectivity index (χ0v) is 19.5. The summed E-state index contributed by atoms with van der Waals surface area (Å²) in [6.45, 7) is 6.39. The fourth-order valence-electron chi connectivity index (χ4n) is 3.57. The minimum Gasteiger partial charge on any atom is -0.350 e. The highest BCUT2D eigenvalue weighted by molar-refractivity contribution is 5.99. The number of anilines is 2. The minimum absolute atomic E-state index is 0.170. The maximum absolute atomic E-state index is 12.7. The second-order valence-corrected chi connectivity index (χ2v) is 7.77. The Bertz CT molecular complexity index is 1360. The lowest BCUT2D eigenvalue weighted by molar-refractivity contribution is 0.0946. The average molecular weight is 454 g/mol. The SMILES string of the molecule is C/C=C(\N=CCC)c1ccnc(Nc2cc(C)c3[nH]c(C(=O)NCc4cccnc4)cc3c2)n1. The van der Waals surface area contributed by atoms with E-state index in [1.807, 2.05) is 69.5 Å². The number of amides is 1. The van der Waals surface area contributed by atoms with E-state index in [0.29, 0.717) is 18.2 Å². The van der Waals surface area contributed by atoms with Gasteiger partial charge in [0, 0.05) is 47.9 Å². The van der Waals surface area contributed by atoms with Gasteiger partial charge >= 0.3 is 0 Å². The number of hydrogen-bond donors (Lipinski definition) is 3. The molecule has 0 fully saturated rings. The maximum Gasteiger partial charge on any atom is 0.267 e. The van der Waals surface area contributed by atoms with Crippen molar-refractivity contribution in [3.05, 3.63) is 83.6 Å². The molecule has 1 amide bonds. The van der Waals surface area contributed by atoms with Crippen LogP contribution in [0.1, 0.15) is 47.6 Å². The molecule has 0 aliphatic carbocycles. The Kier molecular flexibility index (Phi) is 7.07. The first-order chi connectivity index (χ1) is 16.6. The van der Waals surface area contributed by atoms with Crippen molar-refractivity contribution in [2.24, 2.45) is 4.99 Å². The summed E-state index contributed by atoms with van der Waals surface area (Å²) in [5, 5.41) is 7.12. The third kappa shape index (κ3) is 5.35. The lowest BCUT2D eigenvalue weighted by Gasteiger charge is -2.08. The van der Waals surface area contributed by atoms with E-state index in [1.54, 1.807) is 18.6 Å². The average Bonchev–Trinajstić information content (AvgIpc) is 3.29. The van der Waals surface area contributed by atoms with Crippen LogP contribution < -0.4 is 10.6 Å². The topological polar surface area (TPSA) is 108 Å². The number of aromatic amines is 1. The summed E-state index contributed by atoms with van der Waals surface area (Å²) < 4.78 is 0. The molecule has 3 aromatic heterocycles. The predicted octanol–water partition coefficient (Wildman–Crippen LogP) is 5.18. The molecule has 0 spiro atoms. The number of carbonyl (C=O) groups excluding carboxylic acids is 1. The number of pyridine rings is 1. The fourth-order valence-corrected chi connectivity index (χ4v) is 3.57. The molecule has 3 heterocycles. The first-order valence-corrected chi connectivity index (χ1v) is 11.2. The maximum atomic E-state index is 12.7. The van der Waals surface area contributed by atoms with Gasteiger partial charge in [-0.25, -0.2) is 9.97 Å². The summed E-state index contributed by atoms with van der Waals surface area (Å²) in [4.78, 5) is 33.4. The van der Waals surface area contributed by atoms with Crippen LogP contribution in [0.2, 0.25) is 0 Å². The largest absolute Gasteiger partial charge is 0.350 e. The van der Waals surface area contributed by atoms with Crippen molar-refractivity contribution in [3.8, 4) is 0 Å². The Labute approximate surface area is 198 Å². The van der Waals surface area contributed by atoms with E-state index in [9.17, 15) is 4.79 Å². The number of rotatable bonds is 8. The van der Waals surface area contributed by atoms with Gasteiger partial charge in [0.15, 0.2) is 0 Å². The number of nitrogens with one attached hydrogen (secondary N) is 3. The number of benzene rings is 1. The van der Waals surface area contributed by atoms with Crippen molar-refractivity contribution in [2.75, 3.05) is 5.32 Å². The second-order valence-electron chi connectivity index (χ2n) is 7.77. The molecule has 8 heteroatoms. The van der Waals surface area contributed by atoms with Gasteiger partial charge in [-0.1, -0.05) is 19.1 Å². The summed E-state index contributed by atoms with van der Waals surface area (Å²) in [7, 11) is 0. The van der Waals surface area contributed by atoms with Gasteiger partial charge in [-0.05, 0) is 61.7 Å². The van der Waals surface area contributed by atoms with Crippen molar-refractivity contribution in [3.63, 3.8) is 0 Å². The summed E-state index contributed by atoms with van der Waals surface area (Å²) in [6.07, 6.45) is 9.79. The molecule has 34 heavy (non-hydrogen) atoms. The lowest BCUT2D eigenvalue weighted by Crippen LogP contribution is -2.23. The van der Waals surface area contributed by atoms with E-state index in [-0.39, 0.29) is 5.91 Å². The molecule has 4 aromatic rings. The van der Waals surface area contributed by atoms with Crippen LogP contribution in [-0.4, -0.2) is 32.1 Å². The molecular weight excluding hydrogens is 426 g/mol. The number of carbonyl (C=O) groups is 1. The fraction of sp³-hybridized carbons (Fsp3) is 0.192. The zero-order valence-electron chi connectivity index (χ0n) is 19.5. The normalized spacial score (nSPS) is 11.8. The van der Waals surface area contributed by atoms with Crippen LogP contribution in [0.5, 0.6) is 0 Å². The van der Waals surface area contributed by atoms with Crippen LogP contribution in [0.3, 0.4) is 0 Å². The highest BCUT2D eigenvalue weighted by Gasteiger charge is 2.12. The van der Waals surface area contributed by atoms with E-state index in [0.717, 1.165) is 45.5 Å². The summed E-state index contributed by atoms with van der Waals surface area (Å²) >= 11 is 0. The van der Waals surface area contributed by atoms with Gasteiger partial charge in [0.05, 0.1) is 11.4 Å². The van der Waals surface area contributed by atoms with Crippen LogP contribution >= 0.6 is 0 Å². The first-order valence-electron chi connectivity index (χ1n) is 11.2. The smallest absolute Gasteiger partial charge is 0.267 e. The quantitative estimate of drug-likeness (QED) is 0.319. The van der Waals surface area contributed by atoms with Crippen LogP contribution in [0.4, 0.5) is 11.6 Å². The molecule has 0 unspecified atom stereocenters. The highest BCUT2D eigenvalue weighted by Crippen LogP contribution is 2.26. The number of H-pyrrole nitrogens is 1. The number of aryl methyl sites for hydroxylation is 1. The number of allylic oxidation sites excluding steroid dienone is 1. The van der Waals surface area contributed by atoms with Gasteiger partial charge in [-0.2, -0.15) is 0 Å². The molecule has 0 atom stereocenters. The monoisotopic (exact) mass is 453 g/mol. The van der Waals surface area contributed by atoms with Crippen molar-refractivity contribution < 1.29 is 4.79 Å². The van der Waals surface area contributed by atoms with Crippen molar-refractivity contribution in [2.45, 2.75) is 33.7 Å². The highest BCUT2D eigenvalue weighted by atomic mass is 16.1. The second kappa shape index (κ2) is 10.5. The van der Waals surface area contributed by atoms with Gasteiger partial charge in [0.2, 0.25) is 5.95 Å². The van der Waals surface area contributed by atoms with Crippen LogP contribution in [0, 0.1) is 6.92 Å². The Balaban J connectivity index is 1.53. The zero-order chi connectivity index (χ0) is 23.9. The van der Waals surface area contributed by atoms with Gasteiger partial charge < -0.3 is 15.6 Å². The summed E-state index contributed by atoms with van der Waals surface area (Å²) in [5.74, 6) is 0.309. The minimum atomic E-state index is -0.170. The molecule has 0 saturated carbocycles. The van der Waals surface area contributed by atoms with Crippen LogP contribution in [-0.2, 0) is 6.54 Å². The molecule has 8 nitrogen and oxygen atoms in total. The number of aromatic nitrogens is 4. The number of hydrogen-bond acceptors (Lipinski definition) is 6. The van der Waals surface area contributed by atoms with E-state index in [1.165, 1.54) is 0 Å². The third-order valence-electron chi connectivity index (χ3n) is 5.21. The number of fused-ring (bicyclic) bond motifs is 1. The van der Waals surface area contributed by atoms with Gasteiger partial charge in [-0.3, -0.25) is 14.8 Å². The Morgan fingerprint density at radius 1 is 1.21 bits per heavy atom. The summed E-state index contributed by atoms with van der Waals surface area (Å²) in [5.41, 5.74) is 5.74. The molecule has 172 valence electrons. The first kappa shape index (κ1) is 22.8. The number of nitrogens with zero attached hydrogens (tertiary/aromatic N) is 4. The molecule has 0 radical (unpaired) electrons. The third-order valence-corrected chi connectivity index (χ3v) is 5.21. The molecule has 3 N–H and O–H groups in total. The Hall–Kier alpha value is -4.33. The van der Waals surface area contributed by atoms with Gasteiger partial charge in [0.1, 0.15) is 5.69 Å².